The summed E-state index contributed by atoms with van der Waals surface area (Å²) >= 11 is 0. The molecule has 0 unspecified atom stereocenters. The zero-order valence-corrected chi connectivity index (χ0v) is 12.7. The number of hydrogen-bond donors (Lipinski definition) is 1. The van der Waals surface area contributed by atoms with Crippen molar-refractivity contribution in [2.24, 2.45) is 0 Å². The molecule has 0 spiro atoms. The fourth-order valence-corrected chi connectivity index (χ4v) is 1.99. The summed E-state index contributed by atoms with van der Waals surface area (Å²) in [5.41, 5.74) is 1.84. The summed E-state index contributed by atoms with van der Waals surface area (Å²) in [5, 5.41) is 11.0. The number of amides is 1. The van der Waals surface area contributed by atoms with Crippen LogP contribution < -0.4 is 5.32 Å². The molecule has 1 amide bonds. The van der Waals surface area contributed by atoms with E-state index in [1.54, 1.807) is 30.3 Å². The predicted molar refractivity (Wildman–Crippen MR) is 85.6 cm³/mol. The first-order valence-electron chi connectivity index (χ1n) is 7.13. The Labute approximate surface area is 134 Å². The zero-order chi connectivity index (χ0) is 16.7. The van der Waals surface area contributed by atoms with Crippen molar-refractivity contribution in [2.75, 3.05) is 5.32 Å². The van der Waals surface area contributed by atoms with Gasteiger partial charge in [0, 0.05) is 5.69 Å². The van der Waals surface area contributed by atoms with Crippen LogP contribution in [0.1, 0.15) is 35.4 Å². The molecular weight excluding hydrogens is 292 g/mol. The number of carbonyl (C=O) groups is 2. The minimum Gasteiger partial charge on any atom is -0.454 e. The highest BCUT2D eigenvalue weighted by Crippen LogP contribution is 2.19. The third-order valence-electron chi connectivity index (χ3n) is 3.20. The molecule has 116 valence electrons. The monoisotopic (exact) mass is 308 g/mol. The fourth-order valence-electron chi connectivity index (χ4n) is 1.99. The second-order valence-electron chi connectivity index (χ2n) is 4.92. The van der Waals surface area contributed by atoms with Crippen LogP contribution in [0.15, 0.2) is 54.6 Å². The number of esters is 1. The lowest BCUT2D eigenvalue weighted by molar-refractivity contribution is -0.115. The Balaban J connectivity index is 1.98. The SMILES string of the molecule is C[C@@H](OC(=O)c1ccc(NC(=O)CC#N)cc1)c1ccccc1. The van der Waals surface area contributed by atoms with E-state index in [0.717, 1.165) is 5.56 Å². The van der Waals surface area contributed by atoms with E-state index in [1.165, 1.54) is 0 Å². The quantitative estimate of drug-likeness (QED) is 0.858. The molecule has 1 atom stereocenters. The van der Waals surface area contributed by atoms with E-state index in [4.69, 9.17) is 10.00 Å². The first-order chi connectivity index (χ1) is 11.1. The van der Waals surface area contributed by atoms with Gasteiger partial charge in [-0.05, 0) is 36.8 Å². The summed E-state index contributed by atoms with van der Waals surface area (Å²) in [6.45, 7) is 1.81. The van der Waals surface area contributed by atoms with Crippen molar-refractivity contribution < 1.29 is 14.3 Å². The molecule has 2 aromatic rings. The zero-order valence-electron chi connectivity index (χ0n) is 12.7. The Morgan fingerprint density at radius 1 is 1.13 bits per heavy atom. The highest BCUT2D eigenvalue weighted by Gasteiger charge is 2.13. The summed E-state index contributed by atoms with van der Waals surface area (Å²) in [6.07, 6.45) is -0.558. The van der Waals surface area contributed by atoms with Crippen LogP contribution in [-0.2, 0) is 9.53 Å². The molecule has 1 N–H and O–H groups in total. The van der Waals surface area contributed by atoms with E-state index >= 15 is 0 Å². The molecule has 0 saturated heterocycles. The Bertz CT molecular complexity index is 718. The molecule has 0 radical (unpaired) electrons. The van der Waals surface area contributed by atoms with Gasteiger partial charge in [0.25, 0.3) is 0 Å². The minimum absolute atomic E-state index is 0.210. The van der Waals surface area contributed by atoms with Crippen LogP contribution in [-0.4, -0.2) is 11.9 Å². The van der Waals surface area contributed by atoms with E-state index in [1.807, 2.05) is 37.3 Å². The number of nitriles is 1. The maximum absolute atomic E-state index is 12.1. The van der Waals surface area contributed by atoms with Crippen LogP contribution in [0.3, 0.4) is 0 Å². The van der Waals surface area contributed by atoms with E-state index in [2.05, 4.69) is 5.32 Å². The second kappa shape index (κ2) is 7.76. The number of hydrogen-bond acceptors (Lipinski definition) is 4. The van der Waals surface area contributed by atoms with Crippen molar-refractivity contribution in [1.82, 2.24) is 0 Å². The molecule has 23 heavy (non-hydrogen) atoms. The van der Waals surface area contributed by atoms with Gasteiger partial charge < -0.3 is 10.1 Å². The molecule has 0 saturated carbocycles. The number of carbonyl (C=O) groups excluding carboxylic acids is 2. The van der Waals surface area contributed by atoms with Crippen LogP contribution in [0.2, 0.25) is 0 Å². The molecule has 0 heterocycles. The summed E-state index contributed by atoms with van der Waals surface area (Å²) in [6, 6.07) is 17.6. The molecular formula is C18H16N2O3. The Hall–Kier alpha value is -3.13. The van der Waals surface area contributed by atoms with Gasteiger partial charge in [-0.2, -0.15) is 5.26 Å². The lowest BCUT2D eigenvalue weighted by Gasteiger charge is -2.13. The molecule has 2 rings (SSSR count). The summed E-state index contributed by atoms with van der Waals surface area (Å²) in [7, 11) is 0. The van der Waals surface area contributed by atoms with Crippen LogP contribution >= 0.6 is 0 Å². The molecule has 5 nitrogen and oxygen atoms in total. The van der Waals surface area contributed by atoms with Crippen LogP contribution in [0.4, 0.5) is 5.69 Å². The number of rotatable bonds is 5. The van der Waals surface area contributed by atoms with Gasteiger partial charge in [-0.1, -0.05) is 30.3 Å². The molecule has 0 bridgehead atoms. The van der Waals surface area contributed by atoms with Crippen LogP contribution in [0.25, 0.3) is 0 Å². The van der Waals surface area contributed by atoms with Gasteiger partial charge >= 0.3 is 5.97 Å². The van der Waals surface area contributed by atoms with E-state index in [9.17, 15) is 9.59 Å². The number of ether oxygens (including phenoxy) is 1. The first-order valence-corrected chi connectivity index (χ1v) is 7.13. The third-order valence-corrected chi connectivity index (χ3v) is 3.20. The van der Waals surface area contributed by atoms with Crippen molar-refractivity contribution in [3.8, 4) is 6.07 Å². The van der Waals surface area contributed by atoms with Crippen molar-refractivity contribution >= 4 is 17.6 Å². The van der Waals surface area contributed by atoms with Gasteiger partial charge in [-0.25, -0.2) is 4.79 Å². The average Bonchev–Trinajstić information content (AvgIpc) is 2.56. The first kappa shape index (κ1) is 16.2. The van der Waals surface area contributed by atoms with E-state index in [-0.39, 0.29) is 18.4 Å². The molecule has 0 aliphatic carbocycles. The summed E-state index contributed by atoms with van der Waals surface area (Å²) < 4.78 is 5.41. The maximum atomic E-state index is 12.1. The van der Waals surface area contributed by atoms with Crippen LogP contribution in [0, 0.1) is 11.3 Å². The molecule has 0 aliphatic rings. The van der Waals surface area contributed by atoms with Gasteiger partial charge in [0.15, 0.2) is 0 Å². The Kier molecular flexibility index (Phi) is 5.48. The van der Waals surface area contributed by atoms with Crippen molar-refractivity contribution in [3.05, 3.63) is 65.7 Å². The maximum Gasteiger partial charge on any atom is 0.338 e. The normalized spacial score (nSPS) is 11.1. The molecule has 0 fully saturated rings. The van der Waals surface area contributed by atoms with E-state index < -0.39 is 5.97 Å². The highest BCUT2D eigenvalue weighted by atomic mass is 16.5. The van der Waals surface area contributed by atoms with Gasteiger partial charge in [0.2, 0.25) is 5.91 Å². The molecule has 0 aliphatic heterocycles. The number of nitrogens with one attached hydrogen (secondary N) is 1. The molecule has 0 aromatic heterocycles. The number of nitrogens with zero attached hydrogens (tertiary/aromatic N) is 1. The Morgan fingerprint density at radius 2 is 1.78 bits per heavy atom. The van der Waals surface area contributed by atoms with Crippen molar-refractivity contribution in [3.63, 3.8) is 0 Å². The fraction of sp³-hybridized carbons (Fsp3) is 0.167. The van der Waals surface area contributed by atoms with Crippen molar-refractivity contribution in [1.29, 1.82) is 5.26 Å². The molecule has 2 aromatic carbocycles. The van der Waals surface area contributed by atoms with Gasteiger partial charge in [0.05, 0.1) is 11.6 Å². The standard InChI is InChI=1S/C18H16N2O3/c1-13(14-5-3-2-4-6-14)23-18(22)15-7-9-16(10-8-15)20-17(21)11-12-19/h2-10,13H,11H2,1H3,(H,20,21)/t13-/m1/s1. The predicted octanol–water partition coefficient (Wildman–Crippen LogP) is 3.46. The smallest absolute Gasteiger partial charge is 0.338 e. The number of anilines is 1. The molecule has 5 heteroatoms. The minimum atomic E-state index is -0.434. The lowest BCUT2D eigenvalue weighted by atomic mass is 10.1. The number of benzene rings is 2. The summed E-state index contributed by atoms with van der Waals surface area (Å²) in [5.74, 6) is -0.822. The van der Waals surface area contributed by atoms with Gasteiger partial charge in [-0.3, -0.25) is 4.79 Å². The second-order valence-corrected chi connectivity index (χ2v) is 4.92. The van der Waals surface area contributed by atoms with Gasteiger partial charge in [-0.15, -0.1) is 0 Å². The van der Waals surface area contributed by atoms with E-state index in [0.29, 0.717) is 11.3 Å². The lowest BCUT2D eigenvalue weighted by Crippen LogP contribution is -2.11. The van der Waals surface area contributed by atoms with Crippen molar-refractivity contribution in [2.45, 2.75) is 19.4 Å². The van der Waals surface area contributed by atoms with Crippen LogP contribution in [0.5, 0.6) is 0 Å². The summed E-state index contributed by atoms with van der Waals surface area (Å²) in [4.78, 5) is 23.4. The van der Waals surface area contributed by atoms with Gasteiger partial charge in [0.1, 0.15) is 12.5 Å². The topological polar surface area (TPSA) is 79.2 Å². The highest BCUT2D eigenvalue weighted by molar-refractivity contribution is 5.93. The Morgan fingerprint density at radius 3 is 2.39 bits per heavy atom. The largest absolute Gasteiger partial charge is 0.454 e. The third kappa shape index (κ3) is 4.68. The average molecular weight is 308 g/mol.